The molecule has 0 aliphatic carbocycles. The average Bonchev–Trinajstić information content (AvgIpc) is 3.14. The van der Waals surface area contributed by atoms with Gasteiger partial charge in [-0.15, -0.1) is 0 Å². The number of phosphoric acid groups is 3. The molecule has 2 aromatic rings. The fourth-order valence-electron chi connectivity index (χ4n) is 2.93. The van der Waals surface area contributed by atoms with Crippen LogP contribution in [-0.4, -0.2) is 69.3 Å². The molecular formula is C12H16N5O13P3. The smallest absolute Gasteiger partial charge is 0.387 e. The second kappa shape index (κ2) is 8.77. The number of rotatable bonds is 8. The van der Waals surface area contributed by atoms with Gasteiger partial charge in [-0.05, 0) is 12.1 Å². The molecule has 1 aliphatic rings. The number of nitrogen functional groups attached to an aromatic ring is 1. The van der Waals surface area contributed by atoms with Crippen molar-refractivity contribution in [2.24, 2.45) is 0 Å². The maximum atomic E-state index is 11.9. The maximum absolute atomic E-state index is 11.9. The molecule has 0 saturated carbocycles. The van der Waals surface area contributed by atoms with Crippen LogP contribution in [0.3, 0.4) is 0 Å². The summed E-state index contributed by atoms with van der Waals surface area (Å²) in [5, 5.41) is 34.5. The van der Waals surface area contributed by atoms with Crippen LogP contribution < -0.4 is 5.73 Å². The third-order valence-electron chi connectivity index (χ3n) is 4.21. The Morgan fingerprint density at radius 1 is 1.27 bits per heavy atom. The zero-order valence-corrected chi connectivity index (χ0v) is 18.5. The first-order valence-electron chi connectivity index (χ1n) is 8.85. The number of phosphoric ester groups is 1. The lowest BCUT2D eigenvalue weighted by Gasteiger charge is -2.24. The molecule has 1 aliphatic heterocycles. The molecule has 2 aromatic heterocycles. The van der Waals surface area contributed by atoms with Gasteiger partial charge < -0.3 is 40.3 Å². The monoisotopic (exact) mass is 532 g/mol. The Morgan fingerprint density at radius 2 is 1.94 bits per heavy atom. The number of anilines is 1. The Hall–Kier alpha value is -1.80. The van der Waals surface area contributed by atoms with E-state index in [1.165, 1.54) is 0 Å². The largest absolute Gasteiger partial charge is 0.490 e. The Bertz CT molecular complexity index is 1290. The van der Waals surface area contributed by atoms with E-state index < -0.39 is 54.0 Å². The Kier molecular flexibility index (Phi) is 6.46. The number of nitrogens with two attached hydrogens (primary N) is 1. The molecule has 0 aromatic carbocycles. The molecule has 3 heterocycles. The number of ether oxygens (including phenoxy) is 1. The van der Waals surface area contributed by atoms with Gasteiger partial charge in [-0.2, -0.15) is 19.0 Å². The Morgan fingerprint density at radius 3 is 2.55 bits per heavy atom. The number of aliphatic hydroxyl groups is 2. The molecule has 8 N–H and O–H groups in total. The zero-order chi connectivity index (χ0) is 25.7. The van der Waals surface area contributed by atoms with Crippen LogP contribution in [0, 0.1) is 11.3 Å². The lowest BCUT2D eigenvalue weighted by molar-refractivity contribution is -0.0634. The predicted molar refractivity (Wildman–Crippen MR) is 101 cm³/mol. The first-order chi connectivity index (χ1) is 15.5. The number of hydrogen-bond acceptors (Lipinski definition) is 13. The lowest BCUT2D eigenvalue weighted by atomic mass is 9.92. The second-order valence-electron chi connectivity index (χ2n) is 6.41. The summed E-state index contributed by atoms with van der Waals surface area (Å²) in [7, 11) is -17.0. The molecule has 0 radical (unpaired) electrons. The van der Waals surface area contributed by atoms with Gasteiger partial charge in [0.2, 0.25) is 5.60 Å². The quantitative estimate of drug-likeness (QED) is 0.190. The van der Waals surface area contributed by atoms with E-state index in [4.69, 9.17) is 26.5 Å². The van der Waals surface area contributed by atoms with E-state index in [0.717, 1.165) is 16.9 Å². The van der Waals surface area contributed by atoms with E-state index >= 15 is 0 Å². The molecule has 0 spiro atoms. The van der Waals surface area contributed by atoms with Gasteiger partial charge in [-0.25, -0.2) is 23.2 Å². The minimum atomic E-state index is -5.79. The number of fused-ring (bicyclic) bond motifs is 1. The van der Waals surface area contributed by atoms with Crippen LogP contribution in [0.1, 0.15) is 7.06 Å². The number of nitriles is 1. The van der Waals surface area contributed by atoms with Crippen molar-refractivity contribution in [3.8, 4) is 6.07 Å². The zero-order valence-electron chi connectivity index (χ0n) is 16.8. The molecular weight excluding hydrogens is 515 g/mol. The number of hydrogen-bond donors (Lipinski definition) is 7. The van der Waals surface area contributed by atoms with E-state index in [1.54, 1.807) is 6.07 Å². The number of aliphatic hydroxyl groups excluding tert-OH is 2. The van der Waals surface area contributed by atoms with Gasteiger partial charge in [0.25, 0.3) is 0 Å². The molecule has 1 fully saturated rings. The van der Waals surface area contributed by atoms with E-state index in [9.17, 15) is 34.1 Å². The van der Waals surface area contributed by atoms with Crippen molar-refractivity contribution in [2.45, 2.75) is 23.9 Å². The van der Waals surface area contributed by atoms with Crippen molar-refractivity contribution in [3.63, 3.8) is 0 Å². The fraction of sp³-hybridized carbons (Fsp3) is 0.417. The van der Waals surface area contributed by atoms with Crippen molar-refractivity contribution in [1.29, 1.82) is 5.26 Å². The van der Waals surface area contributed by atoms with Crippen molar-refractivity contribution in [1.82, 2.24) is 14.6 Å². The van der Waals surface area contributed by atoms with Crippen molar-refractivity contribution in [3.05, 3.63) is 24.1 Å². The molecule has 3 rings (SSSR count). The average molecular weight is 532 g/mol. The summed E-state index contributed by atoms with van der Waals surface area (Å²) in [6.07, 6.45) is -4.73. The topological polar surface area (TPSA) is 290 Å². The van der Waals surface area contributed by atoms with Crippen LogP contribution >= 0.6 is 23.5 Å². The van der Waals surface area contributed by atoms with Gasteiger partial charge in [-0.1, -0.05) is 0 Å². The van der Waals surface area contributed by atoms with Crippen LogP contribution in [-0.2, 0) is 37.2 Å². The van der Waals surface area contributed by atoms with E-state index in [2.05, 4.69) is 23.2 Å². The van der Waals surface area contributed by atoms with Crippen LogP contribution in [0.5, 0.6) is 0 Å². The molecule has 182 valence electrons. The van der Waals surface area contributed by atoms with Crippen molar-refractivity contribution >= 4 is 34.8 Å². The third kappa shape index (κ3) is 5.32. The maximum Gasteiger partial charge on any atom is 0.490 e. The van der Waals surface area contributed by atoms with E-state index in [-0.39, 0.29) is 23.1 Å². The van der Waals surface area contributed by atoms with E-state index in [1.807, 2.05) is 0 Å². The van der Waals surface area contributed by atoms with Gasteiger partial charge in [0, 0.05) is 0 Å². The summed E-state index contributed by atoms with van der Waals surface area (Å²) in [6.45, 7) is -1.14. The summed E-state index contributed by atoms with van der Waals surface area (Å²) < 4.78 is 59.9. The summed E-state index contributed by atoms with van der Waals surface area (Å²) in [4.78, 5) is 39.5. The summed E-state index contributed by atoms with van der Waals surface area (Å²) in [6, 6.07) is 2.44. The standard InChI is InChI=1S/C12H16N5O13P3/c13-4-12(8-2-1-6-11(14)15-5-16-17(6)8)10(19)9(18)7(28-12)3-27-32(23,24)30-33(25,26)29-31(20,21)22/h1-2,5,7,9-10,18-19H,3H2,(H,23,24)(H,25,26)(H2,14,15,16)(H2,20,21,22)/t7-,9-,10-,12+/m1/s1/i1D. The van der Waals surface area contributed by atoms with Gasteiger partial charge in [0.1, 0.15) is 36.2 Å². The lowest BCUT2D eigenvalue weighted by Crippen LogP contribution is -2.41. The summed E-state index contributed by atoms with van der Waals surface area (Å²) in [5.74, 6) is -0.142. The normalized spacial score (nSPS) is 29.8. The molecule has 33 heavy (non-hydrogen) atoms. The van der Waals surface area contributed by atoms with Gasteiger partial charge in [0.05, 0.1) is 13.7 Å². The minimum Gasteiger partial charge on any atom is -0.387 e. The third-order valence-corrected chi connectivity index (χ3v) is 8.02. The van der Waals surface area contributed by atoms with Crippen molar-refractivity contribution in [2.75, 3.05) is 12.3 Å². The highest BCUT2D eigenvalue weighted by Gasteiger charge is 2.58. The molecule has 2 unspecified atom stereocenters. The molecule has 6 atom stereocenters. The highest BCUT2D eigenvalue weighted by molar-refractivity contribution is 7.66. The highest BCUT2D eigenvalue weighted by Crippen LogP contribution is 2.66. The molecule has 21 heteroatoms. The fourth-order valence-corrected chi connectivity index (χ4v) is 5.96. The molecule has 0 amide bonds. The van der Waals surface area contributed by atoms with E-state index in [0.29, 0.717) is 0 Å². The molecule has 18 nitrogen and oxygen atoms in total. The highest BCUT2D eigenvalue weighted by atomic mass is 31.3. The molecule has 1 saturated heterocycles. The Balaban J connectivity index is 1.84. The summed E-state index contributed by atoms with van der Waals surface area (Å²) >= 11 is 0. The van der Waals surface area contributed by atoms with Gasteiger partial charge >= 0.3 is 23.5 Å². The second-order valence-corrected chi connectivity index (χ2v) is 10.8. The van der Waals surface area contributed by atoms with Crippen LogP contribution in [0.4, 0.5) is 5.82 Å². The minimum absolute atomic E-state index is 0.0471. The first-order valence-corrected chi connectivity index (χ1v) is 12.9. The van der Waals surface area contributed by atoms with Crippen LogP contribution in [0.25, 0.3) is 5.52 Å². The Labute approximate surface area is 184 Å². The first kappa shape index (κ1) is 24.3. The van der Waals surface area contributed by atoms with Crippen LogP contribution in [0.15, 0.2) is 18.4 Å². The number of nitrogens with zero attached hydrogens (tertiary/aromatic N) is 4. The molecule has 0 bridgehead atoms. The summed E-state index contributed by atoms with van der Waals surface area (Å²) in [5.41, 5.74) is 3.01. The number of aromatic nitrogens is 3. The SMILES string of the molecule is [2H]c1cc([C@]2(C#N)O[C@H](COP(=O)(O)OP(=O)(O)OP(=O)(O)O)[C@@H](O)[C@H]2O)n2ncnc(N)c12. The van der Waals surface area contributed by atoms with Crippen molar-refractivity contribution < 1.29 is 62.7 Å². The predicted octanol–water partition coefficient (Wildman–Crippen LogP) is -1.51. The van der Waals surface area contributed by atoms with Gasteiger partial charge in [0.15, 0.2) is 5.82 Å². The van der Waals surface area contributed by atoms with Crippen LogP contribution in [0.2, 0.25) is 0 Å². The van der Waals surface area contributed by atoms with Gasteiger partial charge in [-0.3, -0.25) is 4.52 Å².